The number of carbonyl (C=O) groups excluding carboxylic acids is 1. The third-order valence-electron chi connectivity index (χ3n) is 4.01. The molecule has 0 saturated carbocycles. The SMILES string of the molecule is O=C(CCCc1nnc(-c2ccccc2)o1)NCCCSc1ccc(F)cc1. The predicted octanol–water partition coefficient (Wildman–Crippen LogP) is 4.50. The van der Waals surface area contributed by atoms with Gasteiger partial charge in [0.05, 0.1) is 0 Å². The Hall–Kier alpha value is -2.67. The highest BCUT2D eigenvalue weighted by atomic mass is 32.2. The van der Waals surface area contributed by atoms with E-state index < -0.39 is 0 Å². The normalized spacial score (nSPS) is 10.8. The van der Waals surface area contributed by atoms with Gasteiger partial charge in [0, 0.05) is 29.8 Å². The minimum absolute atomic E-state index is 0.0228. The molecule has 2 aromatic carbocycles. The number of nitrogens with zero attached hydrogens (tertiary/aromatic N) is 2. The van der Waals surface area contributed by atoms with Crippen molar-refractivity contribution in [2.45, 2.75) is 30.6 Å². The number of aromatic nitrogens is 2. The molecule has 5 nitrogen and oxygen atoms in total. The Bertz CT molecular complexity index is 869. The molecule has 0 saturated heterocycles. The Morgan fingerprint density at radius 3 is 2.61 bits per heavy atom. The minimum Gasteiger partial charge on any atom is -0.421 e. The molecule has 0 spiro atoms. The molecule has 0 aliphatic heterocycles. The number of hydrogen-bond donors (Lipinski definition) is 1. The molecular weight excluding hydrogens is 377 g/mol. The van der Waals surface area contributed by atoms with Gasteiger partial charge in [-0.15, -0.1) is 22.0 Å². The van der Waals surface area contributed by atoms with E-state index in [2.05, 4.69) is 15.5 Å². The molecule has 1 heterocycles. The molecule has 1 amide bonds. The average molecular weight is 399 g/mol. The molecule has 146 valence electrons. The van der Waals surface area contributed by atoms with Crippen molar-refractivity contribution in [3.05, 3.63) is 66.3 Å². The number of halogens is 1. The van der Waals surface area contributed by atoms with Crippen LogP contribution in [0.1, 0.15) is 25.2 Å². The van der Waals surface area contributed by atoms with Gasteiger partial charge in [-0.25, -0.2) is 4.39 Å². The number of benzene rings is 2. The maximum atomic E-state index is 12.8. The first-order valence-electron chi connectivity index (χ1n) is 9.23. The first kappa shape index (κ1) is 20.1. The largest absolute Gasteiger partial charge is 0.421 e. The molecular formula is C21H22FN3O2S. The fraction of sp³-hybridized carbons (Fsp3) is 0.286. The number of aryl methyl sites for hydroxylation is 1. The number of thioether (sulfide) groups is 1. The predicted molar refractivity (Wildman–Crippen MR) is 107 cm³/mol. The zero-order valence-corrected chi connectivity index (χ0v) is 16.3. The van der Waals surface area contributed by atoms with Gasteiger partial charge in [-0.1, -0.05) is 18.2 Å². The van der Waals surface area contributed by atoms with Crippen LogP contribution in [0.2, 0.25) is 0 Å². The van der Waals surface area contributed by atoms with Crippen molar-refractivity contribution in [2.75, 3.05) is 12.3 Å². The molecule has 3 rings (SSSR count). The summed E-state index contributed by atoms with van der Waals surface area (Å²) in [6.07, 6.45) is 2.52. The van der Waals surface area contributed by atoms with E-state index in [1.807, 2.05) is 30.3 Å². The van der Waals surface area contributed by atoms with Gasteiger partial charge in [-0.2, -0.15) is 0 Å². The summed E-state index contributed by atoms with van der Waals surface area (Å²) in [4.78, 5) is 12.9. The highest BCUT2D eigenvalue weighted by molar-refractivity contribution is 7.99. The summed E-state index contributed by atoms with van der Waals surface area (Å²) >= 11 is 1.65. The summed E-state index contributed by atoms with van der Waals surface area (Å²) in [5.41, 5.74) is 0.887. The average Bonchev–Trinajstić information content (AvgIpc) is 3.19. The molecule has 1 aromatic heterocycles. The Labute approximate surface area is 167 Å². The van der Waals surface area contributed by atoms with E-state index >= 15 is 0 Å². The van der Waals surface area contributed by atoms with E-state index in [9.17, 15) is 9.18 Å². The first-order chi connectivity index (χ1) is 13.7. The summed E-state index contributed by atoms with van der Waals surface area (Å²) < 4.78 is 18.5. The van der Waals surface area contributed by atoms with Gasteiger partial charge < -0.3 is 9.73 Å². The summed E-state index contributed by atoms with van der Waals surface area (Å²) in [5.74, 6) is 1.71. The maximum Gasteiger partial charge on any atom is 0.247 e. The quantitative estimate of drug-likeness (QED) is 0.402. The van der Waals surface area contributed by atoms with E-state index in [1.54, 1.807) is 23.9 Å². The van der Waals surface area contributed by atoms with Crippen LogP contribution in [0, 0.1) is 5.82 Å². The molecule has 0 atom stereocenters. The van der Waals surface area contributed by atoms with Crippen LogP contribution < -0.4 is 5.32 Å². The van der Waals surface area contributed by atoms with Crippen molar-refractivity contribution in [1.82, 2.24) is 15.5 Å². The Morgan fingerprint density at radius 1 is 1.04 bits per heavy atom. The minimum atomic E-state index is -0.228. The first-order valence-corrected chi connectivity index (χ1v) is 10.2. The van der Waals surface area contributed by atoms with Crippen LogP contribution >= 0.6 is 11.8 Å². The van der Waals surface area contributed by atoms with Gasteiger partial charge in [0.15, 0.2) is 0 Å². The third-order valence-corrected chi connectivity index (χ3v) is 5.11. The van der Waals surface area contributed by atoms with Crippen LogP contribution in [0.3, 0.4) is 0 Å². The van der Waals surface area contributed by atoms with Crippen LogP contribution in [0.4, 0.5) is 4.39 Å². The van der Waals surface area contributed by atoms with Crippen LogP contribution in [-0.2, 0) is 11.2 Å². The summed E-state index contributed by atoms with van der Waals surface area (Å²) in [7, 11) is 0. The summed E-state index contributed by atoms with van der Waals surface area (Å²) in [6.45, 7) is 0.631. The van der Waals surface area contributed by atoms with Gasteiger partial charge in [-0.05, 0) is 55.0 Å². The number of rotatable bonds is 10. The number of amides is 1. The van der Waals surface area contributed by atoms with Crippen molar-refractivity contribution >= 4 is 17.7 Å². The molecule has 0 radical (unpaired) electrons. The molecule has 0 fully saturated rings. The zero-order valence-electron chi connectivity index (χ0n) is 15.4. The molecule has 7 heteroatoms. The van der Waals surface area contributed by atoms with Crippen molar-refractivity contribution in [3.8, 4) is 11.5 Å². The fourth-order valence-corrected chi connectivity index (χ4v) is 3.41. The standard InChI is InChI=1S/C21H22FN3O2S/c22-17-10-12-18(13-11-17)28-15-5-14-23-19(26)8-4-9-20-24-25-21(27-20)16-6-2-1-3-7-16/h1-3,6-7,10-13H,4-5,8-9,14-15H2,(H,23,26). The van der Waals surface area contributed by atoms with Crippen LogP contribution in [0.25, 0.3) is 11.5 Å². The van der Waals surface area contributed by atoms with E-state index in [0.717, 1.165) is 22.6 Å². The number of carbonyl (C=O) groups is 1. The van der Waals surface area contributed by atoms with E-state index in [-0.39, 0.29) is 11.7 Å². The second-order valence-corrected chi connectivity index (χ2v) is 7.39. The molecule has 0 unspecified atom stereocenters. The third kappa shape index (κ3) is 6.49. The zero-order chi connectivity index (χ0) is 19.6. The molecule has 0 bridgehead atoms. The van der Waals surface area contributed by atoms with Crippen LogP contribution in [0.15, 0.2) is 63.9 Å². The Balaban J connectivity index is 1.27. The molecule has 28 heavy (non-hydrogen) atoms. The van der Waals surface area contributed by atoms with Gasteiger partial charge in [0.1, 0.15) is 5.82 Å². The molecule has 0 aliphatic carbocycles. The van der Waals surface area contributed by atoms with Crippen molar-refractivity contribution < 1.29 is 13.6 Å². The fourth-order valence-electron chi connectivity index (χ4n) is 2.56. The van der Waals surface area contributed by atoms with E-state index in [1.165, 1.54) is 12.1 Å². The lowest BCUT2D eigenvalue weighted by atomic mass is 10.2. The monoisotopic (exact) mass is 399 g/mol. The number of hydrogen-bond acceptors (Lipinski definition) is 5. The van der Waals surface area contributed by atoms with Crippen molar-refractivity contribution in [1.29, 1.82) is 0 Å². The Kier molecular flexibility index (Phi) is 7.61. The summed E-state index contributed by atoms with van der Waals surface area (Å²) in [5, 5.41) is 11.0. The molecule has 0 aliphatic rings. The Morgan fingerprint density at radius 2 is 1.82 bits per heavy atom. The van der Waals surface area contributed by atoms with E-state index in [0.29, 0.717) is 37.6 Å². The summed E-state index contributed by atoms with van der Waals surface area (Å²) in [6, 6.07) is 16.0. The lowest BCUT2D eigenvalue weighted by Crippen LogP contribution is -2.24. The topological polar surface area (TPSA) is 68.0 Å². The lowest BCUT2D eigenvalue weighted by molar-refractivity contribution is -0.121. The van der Waals surface area contributed by atoms with Gasteiger partial charge >= 0.3 is 0 Å². The lowest BCUT2D eigenvalue weighted by Gasteiger charge is -2.05. The van der Waals surface area contributed by atoms with Gasteiger partial charge in [0.2, 0.25) is 17.7 Å². The molecule has 1 N–H and O–H groups in total. The van der Waals surface area contributed by atoms with Crippen LogP contribution in [0.5, 0.6) is 0 Å². The smallest absolute Gasteiger partial charge is 0.247 e. The van der Waals surface area contributed by atoms with Gasteiger partial charge in [0.25, 0.3) is 0 Å². The maximum absolute atomic E-state index is 12.8. The van der Waals surface area contributed by atoms with E-state index in [4.69, 9.17) is 4.42 Å². The van der Waals surface area contributed by atoms with Crippen molar-refractivity contribution in [2.24, 2.45) is 0 Å². The number of nitrogens with one attached hydrogen (secondary N) is 1. The second-order valence-electron chi connectivity index (χ2n) is 6.23. The van der Waals surface area contributed by atoms with Crippen molar-refractivity contribution in [3.63, 3.8) is 0 Å². The van der Waals surface area contributed by atoms with Gasteiger partial charge in [-0.3, -0.25) is 4.79 Å². The molecule has 3 aromatic rings. The van der Waals surface area contributed by atoms with Crippen LogP contribution in [-0.4, -0.2) is 28.4 Å². The second kappa shape index (κ2) is 10.6. The highest BCUT2D eigenvalue weighted by Crippen LogP contribution is 2.19. The highest BCUT2D eigenvalue weighted by Gasteiger charge is 2.09.